The molecule has 100 valence electrons. The van der Waals surface area contributed by atoms with Gasteiger partial charge in [0.15, 0.2) is 0 Å². The smallest absolute Gasteiger partial charge is 0.234 e. The van der Waals surface area contributed by atoms with Gasteiger partial charge in [0.25, 0.3) is 0 Å². The Morgan fingerprint density at radius 1 is 1.67 bits per heavy atom. The zero-order valence-electron chi connectivity index (χ0n) is 10.3. The van der Waals surface area contributed by atoms with Gasteiger partial charge < -0.3 is 10.4 Å². The third-order valence-electron chi connectivity index (χ3n) is 3.02. The summed E-state index contributed by atoms with van der Waals surface area (Å²) in [7, 11) is 0. The number of nitrogens with zero attached hydrogens (tertiary/aromatic N) is 3. The molecule has 18 heavy (non-hydrogen) atoms. The maximum absolute atomic E-state index is 11.7. The highest BCUT2D eigenvalue weighted by Gasteiger charge is 2.19. The van der Waals surface area contributed by atoms with Crippen molar-refractivity contribution in [2.75, 3.05) is 26.2 Å². The minimum absolute atomic E-state index is 0.00686. The van der Waals surface area contributed by atoms with Crippen molar-refractivity contribution in [1.29, 1.82) is 0 Å². The number of hydrogen-bond acceptors (Lipinski definition) is 5. The molecule has 0 spiro atoms. The number of amides is 1. The Labute approximate surface area is 106 Å². The highest BCUT2D eigenvalue weighted by Crippen LogP contribution is 2.08. The minimum Gasteiger partial charge on any atom is -0.392 e. The van der Waals surface area contributed by atoms with Crippen LogP contribution >= 0.6 is 0 Å². The van der Waals surface area contributed by atoms with Crippen LogP contribution in [-0.2, 0) is 11.2 Å². The molecule has 1 aliphatic heterocycles. The lowest BCUT2D eigenvalue weighted by molar-refractivity contribution is -0.122. The first-order valence-corrected chi connectivity index (χ1v) is 6.26. The normalized spacial score (nSPS) is 20.8. The molecular weight excluding hydrogens is 234 g/mol. The van der Waals surface area contributed by atoms with Gasteiger partial charge in [-0.3, -0.25) is 9.69 Å². The Hall–Kier alpha value is -1.47. The number of aliphatic hydroxyl groups is 1. The number of aromatic nitrogens is 3. The molecule has 1 fully saturated rings. The number of rotatable bonds is 5. The van der Waals surface area contributed by atoms with Crippen molar-refractivity contribution < 1.29 is 9.90 Å². The van der Waals surface area contributed by atoms with Crippen molar-refractivity contribution >= 4 is 5.91 Å². The quantitative estimate of drug-likeness (QED) is 0.620. The highest BCUT2D eigenvalue weighted by molar-refractivity contribution is 5.78. The molecule has 0 unspecified atom stereocenters. The van der Waals surface area contributed by atoms with E-state index >= 15 is 0 Å². The number of carbonyl (C=O) groups excluding carboxylic acids is 1. The van der Waals surface area contributed by atoms with E-state index in [1.165, 1.54) is 0 Å². The summed E-state index contributed by atoms with van der Waals surface area (Å²) in [5.74, 6) is -0.00686. The second-order valence-electron chi connectivity index (χ2n) is 4.59. The van der Waals surface area contributed by atoms with E-state index in [-0.39, 0.29) is 12.0 Å². The molecule has 7 nitrogen and oxygen atoms in total. The van der Waals surface area contributed by atoms with E-state index in [0.717, 1.165) is 25.1 Å². The van der Waals surface area contributed by atoms with Crippen LogP contribution in [0.4, 0.5) is 0 Å². The second kappa shape index (κ2) is 6.46. The monoisotopic (exact) mass is 253 g/mol. The summed E-state index contributed by atoms with van der Waals surface area (Å²) in [6, 6.07) is 0. The Balaban J connectivity index is 1.62. The number of H-pyrrole nitrogens is 1. The molecule has 0 bridgehead atoms. The number of likely N-dealkylation sites (tertiary alicyclic amines) is 1. The van der Waals surface area contributed by atoms with Gasteiger partial charge in [0.2, 0.25) is 5.91 Å². The van der Waals surface area contributed by atoms with Crippen LogP contribution in [0.1, 0.15) is 18.5 Å². The largest absolute Gasteiger partial charge is 0.392 e. The van der Waals surface area contributed by atoms with Crippen molar-refractivity contribution in [1.82, 2.24) is 25.6 Å². The summed E-state index contributed by atoms with van der Waals surface area (Å²) < 4.78 is 0. The molecular formula is C11H19N5O2. The van der Waals surface area contributed by atoms with Crippen molar-refractivity contribution in [2.24, 2.45) is 0 Å². The predicted molar refractivity (Wildman–Crippen MR) is 64.8 cm³/mol. The second-order valence-corrected chi connectivity index (χ2v) is 4.59. The molecule has 7 heteroatoms. The third kappa shape index (κ3) is 4.08. The SMILES string of the molecule is O=C(CN1CCC[C@@H](O)C1)NCCc1cn[nH]n1. The molecule has 1 aromatic rings. The maximum atomic E-state index is 11.7. The Bertz CT molecular complexity index is 368. The lowest BCUT2D eigenvalue weighted by Gasteiger charge is -2.29. The van der Waals surface area contributed by atoms with Gasteiger partial charge in [-0.2, -0.15) is 15.4 Å². The van der Waals surface area contributed by atoms with Gasteiger partial charge in [0.05, 0.1) is 24.5 Å². The van der Waals surface area contributed by atoms with Gasteiger partial charge in [-0.05, 0) is 19.4 Å². The molecule has 1 saturated heterocycles. The van der Waals surface area contributed by atoms with E-state index in [4.69, 9.17) is 0 Å². The number of carbonyl (C=O) groups is 1. The average molecular weight is 253 g/mol. The Morgan fingerprint density at radius 3 is 3.28 bits per heavy atom. The third-order valence-corrected chi connectivity index (χ3v) is 3.02. The molecule has 3 N–H and O–H groups in total. The first-order valence-electron chi connectivity index (χ1n) is 6.26. The van der Waals surface area contributed by atoms with Crippen molar-refractivity contribution in [3.05, 3.63) is 11.9 Å². The van der Waals surface area contributed by atoms with E-state index in [2.05, 4.69) is 20.7 Å². The summed E-state index contributed by atoms with van der Waals surface area (Å²) in [4.78, 5) is 13.7. The van der Waals surface area contributed by atoms with Crippen LogP contribution < -0.4 is 5.32 Å². The van der Waals surface area contributed by atoms with Crippen LogP contribution in [0.5, 0.6) is 0 Å². The molecule has 0 saturated carbocycles. The molecule has 2 heterocycles. The molecule has 1 atom stereocenters. The maximum Gasteiger partial charge on any atom is 0.234 e. The topological polar surface area (TPSA) is 94.1 Å². The number of aliphatic hydroxyl groups excluding tert-OH is 1. The van der Waals surface area contributed by atoms with Crippen molar-refractivity contribution in [2.45, 2.75) is 25.4 Å². The summed E-state index contributed by atoms with van der Waals surface area (Å²) in [6.45, 7) is 2.39. The van der Waals surface area contributed by atoms with Gasteiger partial charge in [-0.25, -0.2) is 0 Å². The van der Waals surface area contributed by atoms with E-state index in [9.17, 15) is 9.90 Å². The van der Waals surface area contributed by atoms with Gasteiger partial charge in [0.1, 0.15) is 0 Å². The van der Waals surface area contributed by atoms with Gasteiger partial charge in [-0.1, -0.05) is 0 Å². The summed E-state index contributed by atoms with van der Waals surface area (Å²) in [5, 5.41) is 22.5. The fourth-order valence-electron chi connectivity index (χ4n) is 2.11. The van der Waals surface area contributed by atoms with Crippen LogP contribution in [0.3, 0.4) is 0 Å². The summed E-state index contributed by atoms with van der Waals surface area (Å²) in [5.41, 5.74) is 0.837. The van der Waals surface area contributed by atoms with Crippen LogP contribution in [-0.4, -0.2) is 63.6 Å². The number of aromatic amines is 1. The lowest BCUT2D eigenvalue weighted by Crippen LogP contribution is -2.44. The predicted octanol–water partition coefficient (Wildman–Crippen LogP) is -1.08. The fraction of sp³-hybridized carbons (Fsp3) is 0.727. The van der Waals surface area contributed by atoms with E-state index < -0.39 is 0 Å². The average Bonchev–Trinajstić information content (AvgIpc) is 2.82. The van der Waals surface area contributed by atoms with Crippen molar-refractivity contribution in [3.8, 4) is 0 Å². The first kappa shape index (κ1) is 13.0. The highest BCUT2D eigenvalue weighted by atomic mass is 16.3. The van der Waals surface area contributed by atoms with Crippen LogP contribution in [0.15, 0.2) is 6.20 Å². The Kier molecular flexibility index (Phi) is 4.66. The van der Waals surface area contributed by atoms with E-state index in [1.807, 2.05) is 4.90 Å². The van der Waals surface area contributed by atoms with Crippen molar-refractivity contribution in [3.63, 3.8) is 0 Å². The van der Waals surface area contributed by atoms with Gasteiger partial charge >= 0.3 is 0 Å². The van der Waals surface area contributed by atoms with Crippen LogP contribution in [0.25, 0.3) is 0 Å². The Morgan fingerprint density at radius 2 is 2.56 bits per heavy atom. The standard InChI is InChI=1S/C11H19N5O2/c17-10-2-1-5-16(7-10)8-11(18)12-4-3-9-6-13-15-14-9/h6,10,17H,1-5,7-8H2,(H,12,18)(H,13,14,15)/t10-/m1/s1. The molecule has 0 aromatic carbocycles. The molecule has 0 aliphatic carbocycles. The van der Waals surface area contributed by atoms with Crippen LogP contribution in [0.2, 0.25) is 0 Å². The van der Waals surface area contributed by atoms with Gasteiger partial charge in [0, 0.05) is 19.5 Å². The molecule has 1 aromatic heterocycles. The molecule has 2 rings (SSSR count). The number of piperidine rings is 1. The van der Waals surface area contributed by atoms with E-state index in [1.54, 1.807) is 6.20 Å². The van der Waals surface area contributed by atoms with Gasteiger partial charge in [-0.15, -0.1) is 0 Å². The minimum atomic E-state index is -0.290. The summed E-state index contributed by atoms with van der Waals surface area (Å²) in [6.07, 6.45) is 3.82. The first-order chi connectivity index (χ1) is 8.74. The number of hydrogen-bond donors (Lipinski definition) is 3. The number of β-amino-alcohol motifs (C(OH)–C–C–N with tert-alkyl or cyclic N) is 1. The number of nitrogens with one attached hydrogen (secondary N) is 2. The van der Waals surface area contributed by atoms with E-state index in [0.29, 0.717) is 26.1 Å². The molecule has 1 aliphatic rings. The zero-order chi connectivity index (χ0) is 12.8. The lowest BCUT2D eigenvalue weighted by atomic mass is 10.1. The van der Waals surface area contributed by atoms with Crippen LogP contribution in [0, 0.1) is 0 Å². The summed E-state index contributed by atoms with van der Waals surface area (Å²) >= 11 is 0. The zero-order valence-corrected chi connectivity index (χ0v) is 10.3. The molecule has 1 amide bonds. The molecule has 0 radical (unpaired) electrons. The fourth-order valence-corrected chi connectivity index (χ4v) is 2.11.